The average Bonchev–Trinajstić information content (AvgIpc) is 2.64. The molecule has 1 saturated carbocycles. The van der Waals surface area contributed by atoms with E-state index in [4.69, 9.17) is 5.26 Å². The first-order chi connectivity index (χ1) is 7.66. The molecule has 0 aliphatic heterocycles. The molecule has 1 atom stereocenters. The lowest BCUT2D eigenvalue weighted by atomic mass is 9.81. The van der Waals surface area contributed by atoms with Crippen LogP contribution < -0.4 is 0 Å². The number of benzene rings is 1. The molecule has 1 aromatic carbocycles. The molecule has 82 valence electrons. The number of hydrogen-bond acceptors (Lipinski definition) is 2. The Kier molecular flexibility index (Phi) is 2.74. The van der Waals surface area contributed by atoms with Crippen LogP contribution in [0.1, 0.15) is 24.8 Å². The molecule has 2 rings (SSSR count). The second-order valence-electron chi connectivity index (χ2n) is 4.27. The molecule has 0 unspecified atom stereocenters. The van der Waals surface area contributed by atoms with Gasteiger partial charge in [-0.1, -0.05) is 12.1 Å². The second-order valence-corrected chi connectivity index (χ2v) is 4.27. The molecule has 0 amide bonds. The summed E-state index contributed by atoms with van der Waals surface area (Å²) in [6.45, 7) is 0. The number of nitrogens with zero attached hydrogens (tertiary/aromatic N) is 1. The first-order valence-corrected chi connectivity index (χ1v) is 5.35. The Labute approximate surface area is 93.7 Å². The summed E-state index contributed by atoms with van der Waals surface area (Å²) in [4.78, 5) is 11.7. The van der Waals surface area contributed by atoms with Gasteiger partial charge in [-0.05, 0) is 37.0 Å². The lowest BCUT2D eigenvalue weighted by Crippen LogP contribution is -2.26. The number of carbonyl (C=O) groups excluding carboxylic acids is 1. The van der Waals surface area contributed by atoms with Crippen LogP contribution >= 0.6 is 0 Å². The molecule has 0 spiro atoms. The fraction of sp³-hybridized carbons (Fsp3) is 0.385. The van der Waals surface area contributed by atoms with Crippen molar-refractivity contribution < 1.29 is 9.18 Å². The van der Waals surface area contributed by atoms with Crippen LogP contribution in [-0.4, -0.2) is 5.78 Å². The van der Waals surface area contributed by atoms with Crippen molar-refractivity contribution >= 4 is 5.78 Å². The fourth-order valence-electron chi connectivity index (χ4n) is 2.22. The number of hydrogen-bond donors (Lipinski definition) is 0. The molecular weight excluding hydrogens is 205 g/mol. The zero-order valence-electron chi connectivity index (χ0n) is 8.87. The average molecular weight is 217 g/mol. The largest absolute Gasteiger partial charge is 0.298 e. The van der Waals surface area contributed by atoms with Gasteiger partial charge in [0, 0.05) is 6.42 Å². The highest BCUT2D eigenvalue weighted by molar-refractivity contribution is 5.89. The summed E-state index contributed by atoms with van der Waals surface area (Å²) in [5, 5.41) is 9.16. The van der Waals surface area contributed by atoms with Crippen LogP contribution in [-0.2, 0) is 11.2 Å². The molecule has 0 radical (unpaired) electrons. The topological polar surface area (TPSA) is 40.9 Å². The Morgan fingerprint density at radius 3 is 2.56 bits per heavy atom. The number of ketones is 1. The van der Waals surface area contributed by atoms with Gasteiger partial charge in [0.05, 0.1) is 6.07 Å². The number of Topliss-reactive ketones (excluding diaryl/α,β-unsaturated/α-hetero) is 1. The van der Waals surface area contributed by atoms with Crippen LogP contribution in [0.2, 0.25) is 0 Å². The molecule has 1 aliphatic rings. The van der Waals surface area contributed by atoms with E-state index >= 15 is 0 Å². The summed E-state index contributed by atoms with van der Waals surface area (Å²) >= 11 is 0. The standard InChI is InChI=1S/C13H12FNO/c14-11-5-3-10(4-6-11)8-13(9-15)7-1-2-12(13)16/h3-6H,1-2,7-8H2/t13-/m1/s1. The van der Waals surface area contributed by atoms with Gasteiger partial charge in [0.15, 0.2) is 5.78 Å². The van der Waals surface area contributed by atoms with E-state index in [9.17, 15) is 9.18 Å². The molecule has 0 N–H and O–H groups in total. The van der Waals surface area contributed by atoms with Gasteiger partial charge in [-0.15, -0.1) is 0 Å². The van der Waals surface area contributed by atoms with Crippen molar-refractivity contribution in [3.8, 4) is 6.07 Å². The molecule has 0 heterocycles. The molecule has 0 saturated heterocycles. The van der Waals surface area contributed by atoms with E-state index in [2.05, 4.69) is 6.07 Å². The van der Waals surface area contributed by atoms with Gasteiger partial charge < -0.3 is 0 Å². The van der Waals surface area contributed by atoms with Gasteiger partial charge in [-0.2, -0.15) is 5.26 Å². The Bertz CT molecular complexity index is 446. The molecule has 1 fully saturated rings. The van der Waals surface area contributed by atoms with E-state index in [0.717, 1.165) is 12.0 Å². The second kappa shape index (κ2) is 4.05. The minimum absolute atomic E-state index is 0.0272. The minimum Gasteiger partial charge on any atom is -0.298 e. The quantitative estimate of drug-likeness (QED) is 0.764. The van der Waals surface area contributed by atoms with Gasteiger partial charge in [0.1, 0.15) is 11.2 Å². The van der Waals surface area contributed by atoms with E-state index in [-0.39, 0.29) is 11.6 Å². The normalized spacial score (nSPS) is 24.4. The van der Waals surface area contributed by atoms with Crippen LogP contribution in [0.15, 0.2) is 24.3 Å². The zero-order chi connectivity index (χ0) is 11.6. The van der Waals surface area contributed by atoms with Gasteiger partial charge in [-0.3, -0.25) is 4.79 Å². The lowest BCUT2D eigenvalue weighted by Gasteiger charge is -2.18. The maximum atomic E-state index is 12.7. The molecule has 16 heavy (non-hydrogen) atoms. The summed E-state index contributed by atoms with van der Waals surface area (Å²) in [5.74, 6) is -0.271. The highest BCUT2D eigenvalue weighted by Crippen LogP contribution is 2.37. The van der Waals surface area contributed by atoms with Crippen LogP contribution in [0.3, 0.4) is 0 Å². The molecule has 0 aromatic heterocycles. The van der Waals surface area contributed by atoms with E-state index in [1.807, 2.05) is 0 Å². The minimum atomic E-state index is -0.863. The SMILES string of the molecule is N#C[C@]1(Cc2ccc(F)cc2)CCCC1=O. The van der Waals surface area contributed by atoms with Crippen LogP contribution in [0.5, 0.6) is 0 Å². The van der Waals surface area contributed by atoms with Crippen LogP contribution in [0.25, 0.3) is 0 Å². The molecule has 3 heteroatoms. The third-order valence-corrected chi connectivity index (χ3v) is 3.17. The van der Waals surface area contributed by atoms with Crippen LogP contribution in [0.4, 0.5) is 4.39 Å². The highest BCUT2D eigenvalue weighted by atomic mass is 19.1. The Morgan fingerprint density at radius 2 is 2.06 bits per heavy atom. The maximum Gasteiger partial charge on any atom is 0.153 e. The summed E-state index contributed by atoms with van der Waals surface area (Å²) in [6, 6.07) is 8.15. The van der Waals surface area contributed by atoms with Gasteiger partial charge >= 0.3 is 0 Å². The Hall–Kier alpha value is -1.69. The van der Waals surface area contributed by atoms with E-state index in [1.165, 1.54) is 12.1 Å². The third kappa shape index (κ3) is 1.83. The van der Waals surface area contributed by atoms with Gasteiger partial charge in [-0.25, -0.2) is 4.39 Å². The van der Waals surface area contributed by atoms with Crippen molar-refractivity contribution in [1.29, 1.82) is 5.26 Å². The Balaban J connectivity index is 2.23. The predicted octanol–water partition coefficient (Wildman–Crippen LogP) is 2.63. The van der Waals surface area contributed by atoms with E-state index < -0.39 is 5.41 Å². The Morgan fingerprint density at radius 1 is 1.38 bits per heavy atom. The summed E-state index contributed by atoms with van der Waals surface area (Å²) < 4.78 is 12.7. The highest BCUT2D eigenvalue weighted by Gasteiger charge is 2.42. The molecule has 1 aromatic rings. The molecule has 2 nitrogen and oxygen atoms in total. The van der Waals surface area contributed by atoms with Crippen molar-refractivity contribution in [2.24, 2.45) is 5.41 Å². The predicted molar refractivity (Wildman–Crippen MR) is 57.0 cm³/mol. The van der Waals surface area contributed by atoms with E-state index in [1.54, 1.807) is 12.1 Å². The monoisotopic (exact) mass is 217 g/mol. The molecule has 1 aliphatic carbocycles. The number of carbonyl (C=O) groups is 1. The summed E-state index contributed by atoms with van der Waals surface area (Å²) in [5.41, 5.74) is -0.0177. The number of nitriles is 1. The smallest absolute Gasteiger partial charge is 0.153 e. The zero-order valence-corrected chi connectivity index (χ0v) is 8.87. The summed E-state index contributed by atoms with van der Waals surface area (Å²) in [6.07, 6.45) is 2.31. The van der Waals surface area contributed by atoms with Crippen LogP contribution in [0, 0.1) is 22.6 Å². The molecular formula is C13H12FNO. The van der Waals surface area contributed by atoms with Crippen molar-refractivity contribution in [3.05, 3.63) is 35.6 Å². The van der Waals surface area contributed by atoms with Crippen molar-refractivity contribution in [2.75, 3.05) is 0 Å². The first kappa shape index (κ1) is 10.8. The summed E-state index contributed by atoms with van der Waals surface area (Å²) in [7, 11) is 0. The number of halogens is 1. The lowest BCUT2D eigenvalue weighted by molar-refractivity contribution is -0.123. The van der Waals surface area contributed by atoms with Crippen molar-refractivity contribution in [1.82, 2.24) is 0 Å². The molecule has 0 bridgehead atoms. The fourth-order valence-corrected chi connectivity index (χ4v) is 2.22. The number of rotatable bonds is 2. The van der Waals surface area contributed by atoms with Gasteiger partial charge in [0.25, 0.3) is 0 Å². The maximum absolute atomic E-state index is 12.7. The first-order valence-electron chi connectivity index (χ1n) is 5.35. The van der Waals surface area contributed by atoms with Crippen molar-refractivity contribution in [3.63, 3.8) is 0 Å². The van der Waals surface area contributed by atoms with Crippen molar-refractivity contribution in [2.45, 2.75) is 25.7 Å². The van der Waals surface area contributed by atoms with Gasteiger partial charge in [0.2, 0.25) is 0 Å². The van der Waals surface area contributed by atoms with E-state index in [0.29, 0.717) is 19.3 Å². The third-order valence-electron chi connectivity index (χ3n) is 3.17.